The Balaban J connectivity index is 1.85. The highest BCUT2D eigenvalue weighted by atomic mass is 19.4. The molecule has 1 aromatic carbocycles. The van der Waals surface area contributed by atoms with E-state index in [0.717, 1.165) is 22.9 Å². The number of anilines is 2. The van der Waals surface area contributed by atoms with Crippen molar-refractivity contribution >= 4 is 17.6 Å². The van der Waals surface area contributed by atoms with Gasteiger partial charge < -0.3 is 10.1 Å². The molecule has 0 bridgehead atoms. The summed E-state index contributed by atoms with van der Waals surface area (Å²) in [5.74, 6) is -2.62. The molecule has 0 aliphatic carbocycles. The van der Waals surface area contributed by atoms with Gasteiger partial charge in [0.1, 0.15) is 11.6 Å². The van der Waals surface area contributed by atoms with Crippen LogP contribution in [0.2, 0.25) is 0 Å². The number of halogens is 5. The maximum absolute atomic E-state index is 13.6. The lowest BCUT2D eigenvalue weighted by atomic mass is 10.1. The molecule has 36 heavy (non-hydrogen) atoms. The molecule has 1 N–H and O–H groups in total. The molecule has 0 saturated carbocycles. The normalized spacial score (nSPS) is 11.4. The zero-order valence-electron chi connectivity index (χ0n) is 18.8. The van der Waals surface area contributed by atoms with E-state index in [4.69, 9.17) is 4.74 Å². The minimum Gasteiger partial charge on any atom is -0.462 e. The third-order valence-electron chi connectivity index (χ3n) is 4.83. The summed E-state index contributed by atoms with van der Waals surface area (Å²) >= 11 is 0. The van der Waals surface area contributed by atoms with Gasteiger partial charge in [-0.3, -0.25) is 4.98 Å². The summed E-state index contributed by atoms with van der Waals surface area (Å²) in [6.45, 7) is 3.16. The minimum absolute atomic E-state index is 0.0228. The number of hydrogen-bond acceptors (Lipinski definition) is 7. The first-order chi connectivity index (χ1) is 17.0. The third kappa shape index (κ3) is 5.29. The fraction of sp³-hybridized carbons (Fsp3) is 0.174. The van der Waals surface area contributed by atoms with Crippen LogP contribution in [0.4, 0.5) is 33.6 Å². The standard InChI is InChI=1S/C23H17F5N6O2/c1-3-36-21(35)14-5-13(9-29-10-14)18-11-30-22(31-17-7-15(24)6-16(25)8-17)32-20(18)34-12(2)4-19(33-34)23(26,27)28/h4-11H,3H2,1-2H3,(H,30,31,32). The topological polar surface area (TPSA) is 94.8 Å². The van der Waals surface area contributed by atoms with Crippen molar-refractivity contribution in [2.45, 2.75) is 20.0 Å². The largest absolute Gasteiger partial charge is 0.462 e. The van der Waals surface area contributed by atoms with Crippen molar-refractivity contribution < 1.29 is 31.5 Å². The Labute approximate surface area is 200 Å². The SMILES string of the molecule is CCOC(=O)c1cncc(-c2cnc(Nc3cc(F)cc(F)c3)nc2-n2nc(C(F)(F)F)cc2C)c1. The van der Waals surface area contributed by atoms with Crippen LogP contribution in [0, 0.1) is 18.6 Å². The average molecular weight is 504 g/mol. The van der Waals surface area contributed by atoms with E-state index < -0.39 is 29.5 Å². The number of alkyl halides is 3. The smallest absolute Gasteiger partial charge is 0.435 e. The molecule has 0 fully saturated rings. The Kier molecular flexibility index (Phi) is 6.64. The summed E-state index contributed by atoms with van der Waals surface area (Å²) in [6, 6.07) is 4.93. The van der Waals surface area contributed by atoms with Gasteiger partial charge in [-0.1, -0.05) is 0 Å². The van der Waals surface area contributed by atoms with Crippen LogP contribution in [0.15, 0.2) is 48.9 Å². The number of ether oxygens (including phenoxy) is 1. The molecule has 4 aromatic rings. The number of nitrogens with one attached hydrogen (secondary N) is 1. The van der Waals surface area contributed by atoms with Gasteiger partial charge in [-0.25, -0.2) is 23.2 Å². The Bertz CT molecular complexity index is 1420. The van der Waals surface area contributed by atoms with Crippen molar-refractivity contribution in [1.29, 1.82) is 0 Å². The van der Waals surface area contributed by atoms with Gasteiger partial charge in [0.2, 0.25) is 5.95 Å². The molecule has 0 unspecified atom stereocenters. The predicted octanol–water partition coefficient (Wildman–Crippen LogP) is 5.25. The fourth-order valence-electron chi connectivity index (χ4n) is 3.29. The van der Waals surface area contributed by atoms with Gasteiger partial charge in [-0.05, 0) is 38.1 Å². The Morgan fingerprint density at radius 1 is 1.06 bits per heavy atom. The quantitative estimate of drug-likeness (QED) is 0.283. The van der Waals surface area contributed by atoms with Crippen LogP contribution in [-0.4, -0.2) is 37.3 Å². The van der Waals surface area contributed by atoms with E-state index in [-0.39, 0.29) is 40.9 Å². The van der Waals surface area contributed by atoms with Gasteiger partial charge >= 0.3 is 12.1 Å². The van der Waals surface area contributed by atoms with E-state index in [2.05, 4.69) is 25.4 Å². The molecule has 13 heteroatoms. The summed E-state index contributed by atoms with van der Waals surface area (Å²) < 4.78 is 73.1. The lowest BCUT2D eigenvalue weighted by molar-refractivity contribution is -0.141. The molecule has 0 atom stereocenters. The fourth-order valence-corrected chi connectivity index (χ4v) is 3.29. The van der Waals surface area contributed by atoms with E-state index in [0.29, 0.717) is 11.6 Å². The molecular weight excluding hydrogens is 487 g/mol. The number of aryl methyl sites for hydroxylation is 1. The first-order valence-corrected chi connectivity index (χ1v) is 10.4. The van der Waals surface area contributed by atoms with E-state index in [1.165, 1.54) is 31.6 Å². The Morgan fingerprint density at radius 2 is 1.78 bits per heavy atom. The van der Waals surface area contributed by atoms with E-state index in [1.807, 2.05) is 0 Å². The van der Waals surface area contributed by atoms with Crippen molar-refractivity contribution in [2.24, 2.45) is 0 Å². The number of pyridine rings is 1. The van der Waals surface area contributed by atoms with Crippen LogP contribution in [0.1, 0.15) is 28.7 Å². The summed E-state index contributed by atoms with van der Waals surface area (Å²) in [6.07, 6.45) is -0.809. The second kappa shape index (κ2) is 9.68. The number of aromatic nitrogens is 5. The molecule has 0 aliphatic heterocycles. The summed E-state index contributed by atoms with van der Waals surface area (Å²) in [5.41, 5.74) is -0.493. The van der Waals surface area contributed by atoms with Crippen LogP contribution in [0.5, 0.6) is 0 Å². The summed E-state index contributed by atoms with van der Waals surface area (Å²) in [5, 5.41) is 6.26. The third-order valence-corrected chi connectivity index (χ3v) is 4.83. The van der Waals surface area contributed by atoms with Crippen molar-refractivity contribution in [1.82, 2.24) is 24.7 Å². The van der Waals surface area contributed by atoms with E-state index in [9.17, 15) is 26.7 Å². The first-order valence-electron chi connectivity index (χ1n) is 10.4. The number of esters is 1. The highest BCUT2D eigenvalue weighted by molar-refractivity contribution is 5.90. The number of nitrogens with zero attached hydrogens (tertiary/aromatic N) is 5. The second-order valence-electron chi connectivity index (χ2n) is 7.48. The number of rotatable bonds is 6. The van der Waals surface area contributed by atoms with Crippen molar-refractivity contribution in [2.75, 3.05) is 11.9 Å². The van der Waals surface area contributed by atoms with Crippen LogP contribution in [-0.2, 0) is 10.9 Å². The molecule has 3 heterocycles. The van der Waals surface area contributed by atoms with Crippen molar-refractivity contribution in [3.05, 3.63) is 77.5 Å². The van der Waals surface area contributed by atoms with Crippen LogP contribution < -0.4 is 5.32 Å². The molecule has 0 amide bonds. The zero-order valence-corrected chi connectivity index (χ0v) is 18.8. The molecule has 186 valence electrons. The van der Waals surface area contributed by atoms with E-state index >= 15 is 0 Å². The maximum Gasteiger partial charge on any atom is 0.435 e. The molecule has 0 spiro atoms. The lowest BCUT2D eigenvalue weighted by Crippen LogP contribution is -2.11. The number of benzene rings is 1. The average Bonchev–Trinajstić information content (AvgIpc) is 3.21. The monoisotopic (exact) mass is 504 g/mol. The minimum atomic E-state index is -4.71. The zero-order chi connectivity index (χ0) is 26.0. The van der Waals surface area contributed by atoms with Crippen LogP contribution in [0.3, 0.4) is 0 Å². The molecule has 0 aliphatic rings. The van der Waals surface area contributed by atoms with Crippen LogP contribution in [0.25, 0.3) is 16.9 Å². The van der Waals surface area contributed by atoms with Gasteiger partial charge in [-0.2, -0.15) is 23.3 Å². The maximum atomic E-state index is 13.6. The second-order valence-corrected chi connectivity index (χ2v) is 7.48. The highest BCUT2D eigenvalue weighted by Crippen LogP contribution is 2.32. The summed E-state index contributed by atoms with van der Waals surface area (Å²) in [4.78, 5) is 24.5. The Hall–Kier alpha value is -4.42. The number of hydrogen-bond donors (Lipinski definition) is 1. The van der Waals surface area contributed by atoms with E-state index in [1.54, 1.807) is 6.92 Å². The van der Waals surface area contributed by atoms with Crippen LogP contribution >= 0.6 is 0 Å². The first kappa shape index (κ1) is 24.7. The number of carbonyl (C=O) groups is 1. The lowest BCUT2D eigenvalue weighted by Gasteiger charge is -2.13. The Morgan fingerprint density at radius 3 is 2.42 bits per heavy atom. The molecular formula is C23H17F5N6O2. The number of carbonyl (C=O) groups excluding carboxylic acids is 1. The van der Waals surface area contributed by atoms with Gasteiger partial charge in [-0.15, -0.1) is 0 Å². The summed E-state index contributed by atoms with van der Waals surface area (Å²) in [7, 11) is 0. The predicted molar refractivity (Wildman–Crippen MR) is 118 cm³/mol. The van der Waals surface area contributed by atoms with Gasteiger partial charge in [0.15, 0.2) is 11.5 Å². The highest BCUT2D eigenvalue weighted by Gasteiger charge is 2.35. The van der Waals surface area contributed by atoms with Crippen molar-refractivity contribution in [3.63, 3.8) is 0 Å². The molecule has 0 saturated heterocycles. The van der Waals surface area contributed by atoms with Gasteiger partial charge in [0.25, 0.3) is 0 Å². The molecule has 4 rings (SSSR count). The van der Waals surface area contributed by atoms with Gasteiger partial charge in [0.05, 0.1) is 12.2 Å². The van der Waals surface area contributed by atoms with Gasteiger partial charge in [0, 0.05) is 47.2 Å². The van der Waals surface area contributed by atoms with Crippen molar-refractivity contribution in [3.8, 4) is 16.9 Å². The molecule has 3 aromatic heterocycles. The molecule has 0 radical (unpaired) electrons. The molecule has 8 nitrogen and oxygen atoms in total.